The van der Waals surface area contributed by atoms with Crippen LogP contribution in [-0.2, 0) is 14.3 Å². The van der Waals surface area contributed by atoms with E-state index >= 15 is 0 Å². The molecule has 0 aromatic carbocycles. The van der Waals surface area contributed by atoms with Crippen molar-refractivity contribution in [2.45, 2.75) is 26.3 Å². The first-order valence-corrected chi connectivity index (χ1v) is 3.82. The van der Waals surface area contributed by atoms with Crippen LogP contribution in [0.2, 0.25) is 0 Å². The lowest BCUT2D eigenvalue weighted by Gasteiger charge is -2.13. The summed E-state index contributed by atoms with van der Waals surface area (Å²) >= 11 is 0. The van der Waals surface area contributed by atoms with Crippen LogP contribution < -0.4 is 0 Å². The third kappa shape index (κ3) is 2.84. The smallest absolute Gasteiger partial charge is 0.331 e. The van der Waals surface area contributed by atoms with Crippen LogP contribution >= 0.6 is 0 Å². The number of ether oxygens (including phenoxy) is 1. The van der Waals surface area contributed by atoms with E-state index in [9.17, 15) is 9.59 Å². The molecule has 1 unspecified atom stereocenters. The molecule has 0 amide bonds. The zero-order valence-electron chi connectivity index (χ0n) is 7.53. The second kappa shape index (κ2) is 5.49. The van der Waals surface area contributed by atoms with Crippen LogP contribution in [0.4, 0.5) is 0 Å². The number of hydrogen-bond acceptors (Lipinski definition) is 4. The Morgan fingerprint density at radius 1 is 1.67 bits per heavy atom. The molecule has 0 aliphatic heterocycles. The maximum Gasteiger partial charge on any atom is 0.331 e. The Morgan fingerprint density at radius 2 is 2.25 bits per heavy atom. The highest BCUT2D eigenvalue weighted by Gasteiger charge is 2.23. The molecular weight excluding hydrogens is 158 g/mol. The van der Waals surface area contributed by atoms with Crippen molar-refractivity contribution in [3.63, 3.8) is 0 Å². The van der Waals surface area contributed by atoms with Gasteiger partial charge in [-0.05, 0) is 5.92 Å². The first-order chi connectivity index (χ1) is 5.67. The van der Waals surface area contributed by atoms with Gasteiger partial charge in [-0.25, -0.2) is 9.59 Å². The number of esters is 1. The molecule has 0 rings (SSSR count). The molecule has 0 bridgehead atoms. The summed E-state index contributed by atoms with van der Waals surface area (Å²) in [5, 5.41) is 0. The van der Waals surface area contributed by atoms with Crippen molar-refractivity contribution in [3.05, 3.63) is 0 Å². The Hall–Kier alpha value is -1.15. The molecule has 4 nitrogen and oxygen atoms in total. The number of isocyanates is 1. The summed E-state index contributed by atoms with van der Waals surface area (Å²) in [5.74, 6) is -0.466. The van der Waals surface area contributed by atoms with Gasteiger partial charge >= 0.3 is 5.97 Å². The molecule has 68 valence electrons. The molecule has 0 radical (unpaired) electrons. The van der Waals surface area contributed by atoms with Gasteiger partial charge in [0.1, 0.15) is 0 Å². The quantitative estimate of drug-likeness (QED) is 0.359. The number of carbonyl (C=O) groups is 1. The minimum absolute atomic E-state index is 0.0129. The average molecular weight is 171 g/mol. The predicted octanol–water partition coefficient (Wildman–Crippen LogP) is 0.910. The first kappa shape index (κ1) is 10.8. The highest BCUT2D eigenvalue weighted by molar-refractivity contribution is 5.77. The molecule has 2 atom stereocenters. The summed E-state index contributed by atoms with van der Waals surface area (Å²) in [6.45, 7) is 3.75. The summed E-state index contributed by atoms with van der Waals surface area (Å²) in [7, 11) is 1.28. The van der Waals surface area contributed by atoms with E-state index in [0.29, 0.717) is 0 Å². The van der Waals surface area contributed by atoms with E-state index in [2.05, 4.69) is 9.73 Å². The Labute approximate surface area is 71.6 Å². The lowest BCUT2D eigenvalue weighted by atomic mass is 10.0. The fourth-order valence-corrected chi connectivity index (χ4v) is 0.813. The van der Waals surface area contributed by atoms with E-state index in [1.807, 2.05) is 13.8 Å². The van der Waals surface area contributed by atoms with Crippen LogP contribution in [0.1, 0.15) is 20.3 Å². The standard InChI is InChI=1S/C8H13NO3/c1-4-6(2)7(9-5-10)8(11)12-3/h6-7H,4H2,1-3H3/t6?,7-/m1/s1. The number of methoxy groups -OCH3 is 1. The molecule has 0 N–H and O–H groups in total. The van der Waals surface area contributed by atoms with Gasteiger partial charge in [-0.15, -0.1) is 0 Å². The molecule has 0 spiro atoms. The monoisotopic (exact) mass is 171 g/mol. The van der Waals surface area contributed by atoms with E-state index in [4.69, 9.17) is 0 Å². The van der Waals surface area contributed by atoms with E-state index in [1.165, 1.54) is 13.2 Å². The highest BCUT2D eigenvalue weighted by Crippen LogP contribution is 2.11. The van der Waals surface area contributed by atoms with Crippen molar-refractivity contribution < 1.29 is 14.3 Å². The third-order valence-electron chi connectivity index (χ3n) is 1.82. The van der Waals surface area contributed by atoms with E-state index in [1.54, 1.807) is 0 Å². The second-order valence-electron chi connectivity index (χ2n) is 2.57. The number of carbonyl (C=O) groups excluding carboxylic acids is 2. The van der Waals surface area contributed by atoms with Gasteiger partial charge in [0.05, 0.1) is 7.11 Å². The summed E-state index contributed by atoms with van der Waals surface area (Å²) < 4.78 is 4.48. The largest absolute Gasteiger partial charge is 0.467 e. The van der Waals surface area contributed by atoms with Crippen molar-refractivity contribution in [1.82, 2.24) is 0 Å². The predicted molar refractivity (Wildman–Crippen MR) is 43.4 cm³/mol. The van der Waals surface area contributed by atoms with Gasteiger partial charge in [-0.1, -0.05) is 20.3 Å². The fraction of sp³-hybridized carbons (Fsp3) is 0.750. The lowest BCUT2D eigenvalue weighted by molar-refractivity contribution is -0.143. The van der Waals surface area contributed by atoms with E-state index in [0.717, 1.165) is 6.42 Å². The molecular formula is C8H13NO3. The van der Waals surface area contributed by atoms with Gasteiger partial charge in [0, 0.05) is 0 Å². The van der Waals surface area contributed by atoms with Gasteiger partial charge in [-0.3, -0.25) is 0 Å². The van der Waals surface area contributed by atoms with Crippen molar-refractivity contribution in [1.29, 1.82) is 0 Å². The van der Waals surface area contributed by atoms with Gasteiger partial charge in [-0.2, -0.15) is 4.99 Å². The van der Waals surface area contributed by atoms with Gasteiger partial charge in [0.25, 0.3) is 0 Å². The Bertz CT molecular complexity index is 196. The average Bonchev–Trinajstić information content (AvgIpc) is 2.11. The van der Waals surface area contributed by atoms with Crippen molar-refractivity contribution in [3.8, 4) is 0 Å². The number of nitrogens with zero attached hydrogens (tertiary/aromatic N) is 1. The normalized spacial score (nSPS) is 14.2. The molecule has 12 heavy (non-hydrogen) atoms. The maximum atomic E-state index is 11.0. The van der Waals surface area contributed by atoms with Crippen molar-refractivity contribution in [2.75, 3.05) is 7.11 Å². The number of hydrogen-bond donors (Lipinski definition) is 0. The van der Waals surface area contributed by atoms with E-state index in [-0.39, 0.29) is 5.92 Å². The molecule has 0 saturated heterocycles. The number of aliphatic imine (C=N–C) groups is 1. The van der Waals surface area contributed by atoms with Gasteiger partial charge in [0.2, 0.25) is 6.08 Å². The molecule has 0 aliphatic rings. The highest BCUT2D eigenvalue weighted by atomic mass is 16.5. The zero-order valence-corrected chi connectivity index (χ0v) is 7.53. The zero-order chi connectivity index (χ0) is 9.56. The molecule has 0 fully saturated rings. The SMILES string of the molecule is CCC(C)[C@@H](N=C=O)C(=O)OC. The number of rotatable bonds is 4. The molecule has 4 heteroatoms. The molecule has 0 aliphatic carbocycles. The Morgan fingerprint density at radius 3 is 2.58 bits per heavy atom. The van der Waals surface area contributed by atoms with Gasteiger partial charge < -0.3 is 4.74 Å². The molecule has 0 heterocycles. The lowest BCUT2D eigenvalue weighted by Crippen LogP contribution is -2.26. The Balaban J connectivity index is 4.42. The maximum absolute atomic E-state index is 11.0. The summed E-state index contributed by atoms with van der Waals surface area (Å²) in [4.78, 5) is 24.3. The van der Waals surface area contributed by atoms with E-state index < -0.39 is 12.0 Å². The molecule has 0 aromatic rings. The van der Waals surface area contributed by atoms with Crippen LogP contribution in [0, 0.1) is 5.92 Å². The minimum atomic E-state index is -0.697. The first-order valence-electron chi connectivity index (χ1n) is 3.82. The molecule has 0 aromatic heterocycles. The van der Waals surface area contributed by atoms with Crippen LogP contribution in [0.15, 0.2) is 4.99 Å². The summed E-state index contributed by atoms with van der Waals surface area (Å²) in [6, 6.07) is -0.697. The van der Waals surface area contributed by atoms with Crippen LogP contribution in [-0.4, -0.2) is 25.2 Å². The Kier molecular flexibility index (Phi) is 4.97. The van der Waals surface area contributed by atoms with Crippen LogP contribution in [0.3, 0.4) is 0 Å². The van der Waals surface area contributed by atoms with Gasteiger partial charge in [0.15, 0.2) is 6.04 Å². The summed E-state index contributed by atoms with van der Waals surface area (Å²) in [5.41, 5.74) is 0. The van der Waals surface area contributed by atoms with Crippen molar-refractivity contribution >= 4 is 12.0 Å². The molecule has 0 saturated carbocycles. The fourth-order valence-electron chi connectivity index (χ4n) is 0.813. The van der Waals surface area contributed by atoms with Crippen LogP contribution in [0.5, 0.6) is 0 Å². The minimum Gasteiger partial charge on any atom is -0.467 e. The second-order valence-corrected chi connectivity index (χ2v) is 2.57. The van der Waals surface area contributed by atoms with Crippen LogP contribution in [0.25, 0.3) is 0 Å². The third-order valence-corrected chi connectivity index (χ3v) is 1.82. The summed E-state index contributed by atoms with van der Waals surface area (Å²) in [6.07, 6.45) is 2.14. The topological polar surface area (TPSA) is 55.7 Å². The van der Waals surface area contributed by atoms with Crippen molar-refractivity contribution in [2.24, 2.45) is 10.9 Å².